The second kappa shape index (κ2) is 8.35. The summed E-state index contributed by atoms with van der Waals surface area (Å²) in [5.41, 5.74) is 0.883. The summed E-state index contributed by atoms with van der Waals surface area (Å²) in [6, 6.07) is 5.96. The van der Waals surface area contributed by atoms with E-state index in [2.05, 4.69) is 39.5 Å². The van der Waals surface area contributed by atoms with Gasteiger partial charge in [0.1, 0.15) is 6.10 Å². The van der Waals surface area contributed by atoms with Crippen molar-refractivity contribution < 1.29 is 18.3 Å². The predicted molar refractivity (Wildman–Crippen MR) is 96.8 cm³/mol. The second-order valence-electron chi connectivity index (χ2n) is 7.72. The highest BCUT2D eigenvalue weighted by Crippen LogP contribution is 2.37. The number of piperidine rings is 1. The predicted octanol–water partition coefficient (Wildman–Crippen LogP) is 5.23. The van der Waals surface area contributed by atoms with E-state index in [0.717, 1.165) is 37.9 Å². The molecule has 0 aromatic heterocycles. The second-order valence-corrected chi connectivity index (χ2v) is 7.72. The maximum absolute atomic E-state index is 12.8. The van der Waals surface area contributed by atoms with Crippen molar-refractivity contribution in [3.05, 3.63) is 23.8 Å². The van der Waals surface area contributed by atoms with Crippen LogP contribution in [0.1, 0.15) is 59.4 Å². The van der Waals surface area contributed by atoms with Crippen LogP contribution >= 0.6 is 0 Å². The van der Waals surface area contributed by atoms with E-state index in [9.17, 15) is 8.78 Å². The van der Waals surface area contributed by atoms with Crippen molar-refractivity contribution >= 4 is 0 Å². The molecule has 3 nitrogen and oxygen atoms in total. The van der Waals surface area contributed by atoms with Crippen molar-refractivity contribution in [1.82, 2.24) is 4.90 Å². The van der Waals surface area contributed by atoms with E-state index in [4.69, 9.17) is 9.47 Å². The fourth-order valence-electron chi connectivity index (χ4n) is 3.11. The van der Waals surface area contributed by atoms with E-state index in [1.165, 1.54) is 0 Å². The van der Waals surface area contributed by atoms with Crippen molar-refractivity contribution in [2.45, 2.75) is 78.1 Å². The molecule has 1 saturated heterocycles. The Morgan fingerprint density at radius 1 is 1.16 bits per heavy atom. The van der Waals surface area contributed by atoms with Gasteiger partial charge in [-0.25, -0.2) is 0 Å². The topological polar surface area (TPSA) is 21.7 Å². The summed E-state index contributed by atoms with van der Waals surface area (Å²) >= 11 is 0. The van der Waals surface area contributed by atoms with E-state index in [-0.39, 0.29) is 17.3 Å². The van der Waals surface area contributed by atoms with Crippen LogP contribution in [0.5, 0.6) is 11.5 Å². The number of benzene rings is 1. The summed E-state index contributed by atoms with van der Waals surface area (Å²) in [5.74, 6) is 0.555. The Labute approximate surface area is 150 Å². The third-order valence-electron chi connectivity index (χ3n) is 5.33. The number of halogens is 2. The Balaban J connectivity index is 2.14. The van der Waals surface area contributed by atoms with Gasteiger partial charge in [0.05, 0.1) is 0 Å². The van der Waals surface area contributed by atoms with Crippen LogP contribution in [0, 0.1) is 0 Å². The molecule has 5 heteroatoms. The largest absolute Gasteiger partial charge is 0.486 e. The normalized spacial score (nSPS) is 17.3. The highest BCUT2D eigenvalue weighted by molar-refractivity contribution is 5.45. The van der Waals surface area contributed by atoms with Gasteiger partial charge in [0, 0.05) is 19.1 Å². The van der Waals surface area contributed by atoms with Crippen molar-refractivity contribution in [1.29, 1.82) is 0 Å². The molecule has 1 heterocycles. The standard InChI is InChI=1S/C20H31F2NO2/c1-6-20(4,5)15-7-8-17(18(13-15)25-19(21)22)24-16-9-11-23(12-10-16)14(2)3/h7-8,13-14,16,19H,6,9-12H2,1-5H3. The van der Waals surface area contributed by atoms with E-state index >= 15 is 0 Å². The first-order chi connectivity index (χ1) is 11.7. The third kappa shape index (κ3) is 5.30. The van der Waals surface area contributed by atoms with Gasteiger partial charge in [-0.1, -0.05) is 26.8 Å². The first-order valence-electron chi connectivity index (χ1n) is 9.23. The Bertz CT molecular complexity index is 553. The monoisotopic (exact) mass is 355 g/mol. The molecule has 1 aromatic rings. The molecule has 0 aliphatic carbocycles. The average Bonchev–Trinajstić information content (AvgIpc) is 2.56. The van der Waals surface area contributed by atoms with E-state index in [1.54, 1.807) is 12.1 Å². The lowest BCUT2D eigenvalue weighted by Gasteiger charge is -2.35. The first-order valence-corrected chi connectivity index (χ1v) is 9.23. The van der Waals surface area contributed by atoms with Crippen molar-refractivity contribution in [3.8, 4) is 11.5 Å². The summed E-state index contributed by atoms with van der Waals surface area (Å²) in [6.07, 6.45) is 2.75. The molecule has 142 valence electrons. The number of nitrogens with zero attached hydrogens (tertiary/aromatic N) is 1. The third-order valence-corrected chi connectivity index (χ3v) is 5.33. The summed E-state index contributed by atoms with van der Waals surface area (Å²) in [6.45, 7) is 9.72. The van der Waals surface area contributed by atoms with Gasteiger partial charge in [-0.2, -0.15) is 8.78 Å². The maximum atomic E-state index is 12.8. The van der Waals surface area contributed by atoms with Gasteiger partial charge in [0.2, 0.25) is 0 Å². The van der Waals surface area contributed by atoms with Crippen LogP contribution in [0.25, 0.3) is 0 Å². The molecule has 0 saturated carbocycles. The molecule has 1 aliphatic heterocycles. The minimum absolute atomic E-state index is 0.0417. The molecule has 2 rings (SSSR count). The molecule has 0 spiro atoms. The number of likely N-dealkylation sites (tertiary alicyclic amines) is 1. The molecule has 1 fully saturated rings. The van der Waals surface area contributed by atoms with Crippen molar-refractivity contribution in [3.63, 3.8) is 0 Å². The van der Waals surface area contributed by atoms with Gasteiger partial charge in [-0.15, -0.1) is 0 Å². The zero-order valence-corrected chi connectivity index (χ0v) is 16.0. The molecule has 1 aliphatic rings. The fraction of sp³-hybridized carbons (Fsp3) is 0.700. The SMILES string of the molecule is CCC(C)(C)c1ccc(OC2CCN(C(C)C)CC2)c(OC(F)F)c1. The van der Waals surface area contributed by atoms with Crippen LogP contribution in [0.3, 0.4) is 0 Å². The molecular formula is C20H31F2NO2. The van der Waals surface area contributed by atoms with Crippen LogP contribution in [0.15, 0.2) is 18.2 Å². The number of ether oxygens (including phenoxy) is 2. The van der Waals surface area contributed by atoms with Crippen LogP contribution in [-0.2, 0) is 5.41 Å². The summed E-state index contributed by atoms with van der Waals surface area (Å²) < 4.78 is 36.5. The van der Waals surface area contributed by atoms with Gasteiger partial charge in [-0.3, -0.25) is 0 Å². The lowest BCUT2D eigenvalue weighted by atomic mass is 9.82. The fourth-order valence-corrected chi connectivity index (χ4v) is 3.11. The minimum atomic E-state index is -2.86. The lowest BCUT2D eigenvalue weighted by Crippen LogP contribution is -2.41. The highest BCUT2D eigenvalue weighted by atomic mass is 19.3. The Kier molecular flexibility index (Phi) is 6.66. The number of hydrogen-bond acceptors (Lipinski definition) is 3. The van der Waals surface area contributed by atoms with Gasteiger partial charge >= 0.3 is 6.61 Å². The molecule has 1 aromatic carbocycles. The molecule has 25 heavy (non-hydrogen) atoms. The Morgan fingerprint density at radius 3 is 2.32 bits per heavy atom. The summed E-state index contributed by atoms with van der Waals surface area (Å²) in [4.78, 5) is 2.41. The van der Waals surface area contributed by atoms with E-state index in [0.29, 0.717) is 11.8 Å². The van der Waals surface area contributed by atoms with Gasteiger partial charge in [-0.05, 0) is 56.2 Å². The smallest absolute Gasteiger partial charge is 0.387 e. The number of alkyl halides is 2. The van der Waals surface area contributed by atoms with Crippen LogP contribution in [0.2, 0.25) is 0 Å². The minimum Gasteiger partial charge on any atom is -0.486 e. The maximum Gasteiger partial charge on any atom is 0.387 e. The van der Waals surface area contributed by atoms with Crippen LogP contribution in [0.4, 0.5) is 8.78 Å². The van der Waals surface area contributed by atoms with Crippen molar-refractivity contribution in [2.75, 3.05) is 13.1 Å². The Morgan fingerprint density at radius 2 is 1.80 bits per heavy atom. The quantitative estimate of drug-likeness (QED) is 0.669. The van der Waals surface area contributed by atoms with Gasteiger partial charge in [0.25, 0.3) is 0 Å². The summed E-state index contributed by atoms with van der Waals surface area (Å²) in [5, 5.41) is 0. The highest BCUT2D eigenvalue weighted by Gasteiger charge is 2.25. The van der Waals surface area contributed by atoms with E-state index < -0.39 is 6.61 Å². The summed E-state index contributed by atoms with van der Waals surface area (Å²) in [7, 11) is 0. The molecule has 0 radical (unpaired) electrons. The zero-order valence-electron chi connectivity index (χ0n) is 16.0. The van der Waals surface area contributed by atoms with Gasteiger partial charge < -0.3 is 14.4 Å². The van der Waals surface area contributed by atoms with Crippen molar-refractivity contribution in [2.24, 2.45) is 0 Å². The van der Waals surface area contributed by atoms with E-state index in [1.807, 2.05) is 6.07 Å². The molecule has 0 unspecified atom stereocenters. The molecular weight excluding hydrogens is 324 g/mol. The van der Waals surface area contributed by atoms with Crippen LogP contribution < -0.4 is 9.47 Å². The lowest BCUT2D eigenvalue weighted by molar-refractivity contribution is -0.0526. The van der Waals surface area contributed by atoms with Gasteiger partial charge in [0.15, 0.2) is 11.5 Å². The number of rotatable bonds is 7. The van der Waals surface area contributed by atoms with Crippen LogP contribution in [-0.4, -0.2) is 36.7 Å². The molecule has 0 amide bonds. The molecule has 0 atom stereocenters. The Hall–Kier alpha value is -1.36. The molecule has 0 bridgehead atoms. The average molecular weight is 355 g/mol. The molecule has 0 N–H and O–H groups in total. The number of hydrogen-bond donors (Lipinski definition) is 0. The zero-order chi connectivity index (χ0) is 18.6. The first kappa shape index (κ1) is 20.0.